The molecule has 1 heterocycles. The van der Waals surface area contributed by atoms with Gasteiger partial charge in [-0.1, -0.05) is 17.7 Å². The van der Waals surface area contributed by atoms with Crippen molar-refractivity contribution in [3.05, 3.63) is 56.5 Å². The highest BCUT2D eigenvalue weighted by Gasteiger charge is 2.29. The quantitative estimate of drug-likeness (QED) is 0.658. The van der Waals surface area contributed by atoms with Crippen molar-refractivity contribution in [3.8, 4) is 0 Å². The number of nitrogens with one attached hydrogen (secondary N) is 1. The molecule has 0 aliphatic heterocycles. The van der Waals surface area contributed by atoms with Gasteiger partial charge < -0.3 is 0 Å². The summed E-state index contributed by atoms with van der Waals surface area (Å²) in [6, 6.07) is 6.98. The van der Waals surface area contributed by atoms with Crippen LogP contribution in [0.2, 0.25) is 5.02 Å². The Balaban J connectivity index is 1.87. The summed E-state index contributed by atoms with van der Waals surface area (Å²) in [5.74, 6) is 5.83. The Morgan fingerprint density at radius 1 is 1.43 bits per heavy atom. The van der Waals surface area contributed by atoms with Crippen LogP contribution in [0, 0.1) is 5.82 Å². The maximum Gasteiger partial charge on any atom is 0.127 e. The zero-order valence-electron chi connectivity index (χ0n) is 11.6. The van der Waals surface area contributed by atoms with Gasteiger partial charge in [-0.05, 0) is 54.8 Å². The minimum absolute atomic E-state index is 0.00644. The van der Waals surface area contributed by atoms with Crippen LogP contribution in [-0.4, -0.2) is 6.04 Å². The molecule has 3 N–H and O–H groups in total. The van der Waals surface area contributed by atoms with Crippen LogP contribution < -0.4 is 11.3 Å². The van der Waals surface area contributed by atoms with E-state index < -0.39 is 0 Å². The average molecular weight is 325 g/mol. The first kappa shape index (κ1) is 15.0. The highest BCUT2D eigenvalue weighted by Crippen LogP contribution is 2.38. The van der Waals surface area contributed by atoms with Gasteiger partial charge in [0.2, 0.25) is 0 Å². The van der Waals surface area contributed by atoms with Crippen LogP contribution >= 0.6 is 22.9 Å². The van der Waals surface area contributed by atoms with E-state index in [1.807, 2.05) is 0 Å². The summed E-state index contributed by atoms with van der Waals surface area (Å²) in [6.45, 7) is 0. The number of hydrogen-bond donors (Lipinski definition) is 2. The average Bonchev–Trinajstić information content (AvgIpc) is 2.96. The lowest BCUT2D eigenvalue weighted by Crippen LogP contribution is -2.42. The first-order valence-corrected chi connectivity index (χ1v) is 8.41. The van der Waals surface area contributed by atoms with E-state index in [2.05, 4.69) is 16.9 Å². The van der Waals surface area contributed by atoms with Crippen molar-refractivity contribution in [3.63, 3.8) is 0 Å². The Labute approximate surface area is 133 Å². The van der Waals surface area contributed by atoms with Gasteiger partial charge in [-0.2, -0.15) is 0 Å². The third kappa shape index (κ3) is 2.99. The Hall–Kier alpha value is -0.940. The maximum absolute atomic E-state index is 14.0. The molecule has 2 nitrogen and oxygen atoms in total. The smallest absolute Gasteiger partial charge is 0.127 e. The Morgan fingerprint density at radius 2 is 2.29 bits per heavy atom. The summed E-state index contributed by atoms with van der Waals surface area (Å²) >= 11 is 7.94. The molecule has 0 spiro atoms. The molecule has 112 valence electrons. The molecule has 1 aromatic carbocycles. The van der Waals surface area contributed by atoms with Crippen molar-refractivity contribution < 1.29 is 4.39 Å². The van der Waals surface area contributed by atoms with E-state index in [9.17, 15) is 4.39 Å². The number of benzene rings is 1. The number of hydrazine groups is 1. The lowest BCUT2D eigenvalue weighted by Gasteiger charge is -2.30. The monoisotopic (exact) mass is 324 g/mol. The highest BCUT2D eigenvalue weighted by atomic mass is 35.5. The van der Waals surface area contributed by atoms with Gasteiger partial charge in [0.25, 0.3) is 0 Å². The molecule has 0 amide bonds. The van der Waals surface area contributed by atoms with Crippen molar-refractivity contribution in [1.82, 2.24) is 5.43 Å². The predicted octanol–water partition coefficient (Wildman–Crippen LogP) is 4.04. The Kier molecular flexibility index (Phi) is 4.60. The molecule has 0 bridgehead atoms. The van der Waals surface area contributed by atoms with Gasteiger partial charge in [-0.25, -0.2) is 4.39 Å². The van der Waals surface area contributed by atoms with Crippen molar-refractivity contribution >= 4 is 22.9 Å². The van der Waals surface area contributed by atoms with E-state index in [0.717, 1.165) is 19.3 Å². The van der Waals surface area contributed by atoms with Crippen LogP contribution in [0.5, 0.6) is 0 Å². The number of halogens is 2. The number of thiophene rings is 1. The second kappa shape index (κ2) is 6.44. The Bertz CT molecular complexity index is 608. The van der Waals surface area contributed by atoms with Gasteiger partial charge >= 0.3 is 0 Å². The largest absolute Gasteiger partial charge is 0.271 e. The molecule has 0 fully saturated rings. The number of fused-ring (bicyclic) bond motifs is 1. The molecule has 1 aliphatic carbocycles. The molecule has 2 atom stereocenters. The minimum Gasteiger partial charge on any atom is -0.271 e. The topological polar surface area (TPSA) is 38.0 Å². The van der Waals surface area contributed by atoms with E-state index >= 15 is 0 Å². The van der Waals surface area contributed by atoms with Gasteiger partial charge in [-0.15, -0.1) is 11.3 Å². The molecule has 3 rings (SSSR count). The first-order valence-electron chi connectivity index (χ1n) is 7.16. The summed E-state index contributed by atoms with van der Waals surface area (Å²) in [4.78, 5) is 1.44. The predicted molar refractivity (Wildman–Crippen MR) is 86.2 cm³/mol. The normalized spacial score (nSPS) is 19.3. The molecular formula is C16H18ClFN2S. The highest BCUT2D eigenvalue weighted by molar-refractivity contribution is 7.10. The van der Waals surface area contributed by atoms with Crippen molar-refractivity contribution in [2.75, 3.05) is 0 Å². The van der Waals surface area contributed by atoms with Crippen LogP contribution in [-0.2, 0) is 12.8 Å². The SMILES string of the molecule is NNC(Cc1c(F)cccc1Cl)C1CCCc2sccc21. The lowest BCUT2D eigenvalue weighted by molar-refractivity contribution is 0.393. The van der Waals surface area contributed by atoms with Gasteiger partial charge in [0.05, 0.1) is 0 Å². The fourth-order valence-electron chi connectivity index (χ4n) is 3.20. The van der Waals surface area contributed by atoms with E-state index in [0.29, 0.717) is 22.9 Å². The van der Waals surface area contributed by atoms with Crippen molar-refractivity contribution in [1.29, 1.82) is 0 Å². The van der Waals surface area contributed by atoms with Gasteiger partial charge in [0.15, 0.2) is 0 Å². The van der Waals surface area contributed by atoms with Crippen molar-refractivity contribution in [2.45, 2.75) is 37.6 Å². The van der Waals surface area contributed by atoms with Crippen LogP contribution in [0.4, 0.5) is 4.39 Å². The fourth-order valence-corrected chi connectivity index (χ4v) is 4.44. The molecule has 1 aliphatic rings. The molecule has 1 aromatic heterocycles. The molecule has 0 saturated heterocycles. The second-order valence-electron chi connectivity index (χ2n) is 5.48. The standard InChI is InChI=1S/C16H18ClFN2S/c17-13-4-2-5-14(18)12(13)9-15(20-19)10-3-1-6-16-11(10)7-8-21-16/h2,4-5,7-8,10,15,20H,1,3,6,9,19H2. The number of hydrogen-bond acceptors (Lipinski definition) is 3. The van der Waals surface area contributed by atoms with Gasteiger partial charge in [-0.3, -0.25) is 11.3 Å². The van der Waals surface area contributed by atoms with Gasteiger partial charge in [0, 0.05) is 27.4 Å². The van der Waals surface area contributed by atoms with E-state index in [-0.39, 0.29) is 11.9 Å². The van der Waals surface area contributed by atoms with E-state index in [1.165, 1.54) is 16.5 Å². The van der Waals surface area contributed by atoms with E-state index in [4.69, 9.17) is 17.4 Å². The molecular weight excluding hydrogens is 307 g/mol. The second-order valence-corrected chi connectivity index (χ2v) is 6.88. The summed E-state index contributed by atoms with van der Waals surface area (Å²) < 4.78 is 14.0. The number of nitrogens with two attached hydrogens (primary N) is 1. The Morgan fingerprint density at radius 3 is 3.05 bits per heavy atom. The lowest BCUT2D eigenvalue weighted by atomic mass is 9.80. The van der Waals surface area contributed by atoms with Crippen LogP contribution in [0.1, 0.15) is 34.8 Å². The molecule has 5 heteroatoms. The third-order valence-electron chi connectivity index (χ3n) is 4.28. The summed E-state index contributed by atoms with van der Waals surface area (Å²) in [7, 11) is 0. The van der Waals surface area contributed by atoms with E-state index in [1.54, 1.807) is 23.5 Å². The molecule has 21 heavy (non-hydrogen) atoms. The maximum atomic E-state index is 14.0. The number of aryl methyl sites for hydroxylation is 1. The zero-order valence-corrected chi connectivity index (χ0v) is 13.2. The van der Waals surface area contributed by atoms with Crippen LogP contribution in [0.3, 0.4) is 0 Å². The van der Waals surface area contributed by atoms with Crippen molar-refractivity contribution in [2.24, 2.45) is 5.84 Å². The van der Waals surface area contributed by atoms with Crippen LogP contribution in [0.15, 0.2) is 29.6 Å². The number of rotatable bonds is 4. The van der Waals surface area contributed by atoms with Crippen LogP contribution in [0.25, 0.3) is 0 Å². The molecule has 0 saturated carbocycles. The summed E-state index contributed by atoms with van der Waals surface area (Å²) in [5, 5.41) is 2.60. The first-order chi connectivity index (χ1) is 10.2. The molecule has 2 unspecified atom stereocenters. The molecule has 2 aromatic rings. The van der Waals surface area contributed by atoms with Gasteiger partial charge in [0.1, 0.15) is 5.82 Å². The molecule has 0 radical (unpaired) electrons. The third-order valence-corrected chi connectivity index (χ3v) is 5.63. The summed E-state index contributed by atoms with van der Waals surface area (Å²) in [6.07, 6.45) is 3.87. The summed E-state index contributed by atoms with van der Waals surface area (Å²) in [5.41, 5.74) is 4.79. The fraction of sp³-hybridized carbons (Fsp3) is 0.375. The minimum atomic E-state index is -0.260. The zero-order chi connectivity index (χ0) is 14.8.